The summed E-state index contributed by atoms with van der Waals surface area (Å²) < 4.78 is 23.3. The molecular weight excluding hydrogens is 327 g/mol. The number of carbonyl (C=O) groups excluding carboxylic acids is 2. The third-order valence-corrected chi connectivity index (χ3v) is 3.34. The number of ether oxygens (including phenoxy) is 2. The Kier molecular flexibility index (Phi) is 7.67. The van der Waals surface area contributed by atoms with Crippen molar-refractivity contribution in [3.05, 3.63) is 35.6 Å². The molecule has 140 valence electrons. The minimum atomic E-state index is -0.591. The zero-order valence-corrected chi connectivity index (χ0v) is 15.5. The van der Waals surface area contributed by atoms with Gasteiger partial charge < -0.3 is 14.8 Å². The van der Waals surface area contributed by atoms with Gasteiger partial charge in [0.2, 0.25) is 0 Å². The topological polar surface area (TPSA) is 67.9 Å². The average Bonchev–Trinajstić information content (AvgIpc) is 2.50. The van der Waals surface area contributed by atoms with Crippen LogP contribution in [-0.2, 0) is 9.47 Å². The minimum Gasteiger partial charge on any atom is -0.450 e. The van der Waals surface area contributed by atoms with Gasteiger partial charge in [-0.2, -0.15) is 0 Å². The highest BCUT2D eigenvalue weighted by Crippen LogP contribution is 2.21. The smallest absolute Gasteiger partial charge is 0.410 e. The molecule has 0 unspecified atom stereocenters. The Morgan fingerprint density at radius 2 is 1.84 bits per heavy atom. The van der Waals surface area contributed by atoms with E-state index in [2.05, 4.69) is 5.32 Å². The number of amides is 2. The minimum absolute atomic E-state index is 0.208. The second-order valence-electron chi connectivity index (χ2n) is 6.55. The SMILES string of the molecule is CCOC(=O)N(CCNC(=O)OC(C)(C)C)[C@H](C)c1ccc(F)cc1. The molecule has 1 N–H and O–H groups in total. The first-order valence-electron chi connectivity index (χ1n) is 8.29. The van der Waals surface area contributed by atoms with E-state index < -0.39 is 17.8 Å². The molecule has 1 atom stereocenters. The first kappa shape index (κ1) is 20.7. The molecule has 25 heavy (non-hydrogen) atoms. The van der Waals surface area contributed by atoms with Gasteiger partial charge in [0.25, 0.3) is 0 Å². The number of benzene rings is 1. The molecule has 0 aromatic heterocycles. The number of hydrogen-bond acceptors (Lipinski definition) is 4. The highest BCUT2D eigenvalue weighted by molar-refractivity contribution is 5.69. The van der Waals surface area contributed by atoms with E-state index in [0.29, 0.717) is 0 Å². The number of halogens is 1. The molecule has 7 heteroatoms. The molecule has 0 heterocycles. The summed E-state index contributed by atoms with van der Waals surface area (Å²) in [5.41, 5.74) is 0.179. The molecule has 0 aliphatic heterocycles. The van der Waals surface area contributed by atoms with Gasteiger partial charge in [-0.1, -0.05) is 12.1 Å². The van der Waals surface area contributed by atoms with E-state index in [9.17, 15) is 14.0 Å². The summed E-state index contributed by atoms with van der Waals surface area (Å²) in [6.07, 6.45) is -1.05. The van der Waals surface area contributed by atoms with Gasteiger partial charge in [0.15, 0.2) is 0 Å². The molecule has 0 radical (unpaired) electrons. The Hall–Kier alpha value is -2.31. The van der Waals surface area contributed by atoms with Crippen LogP contribution in [0.2, 0.25) is 0 Å². The fourth-order valence-corrected chi connectivity index (χ4v) is 2.16. The van der Waals surface area contributed by atoms with Crippen molar-refractivity contribution in [2.24, 2.45) is 0 Å². The maximum absolute atomic E-state index is 13.1. The molecule has 0 aliphatic rings. The fraction of sp³-hybridized carbons (Fsp3) is 0.556. The van der Waals surface area contributed by atoms with Gasteiger partial charge in [-0.25, -0.2) is 14.0 Å². The molecule has 2 amide bonds. The quantitative estimate of drug-likeness (QED) is 0.842. The summed E-state index contributed by atoms with van der Waals surface area (Å²) in [6, 6.07) is 5.59. The molecule has 0 bridgehead atoms. The maximum atomic E-state index is 13.1. The van der Waals surface area contributed by atoms with E-state index >= 15 is 0 Å². The number of hydrogen-bond donors (Lipinski definition) is 1. The third-order valence-electron chi connectivity index (χ3n) is 3.34. The van der Waals surface area contributed by atoms with Crippen LogP contribution >= 0.6 is 0 Å². The lowest BCUT2D eigenvalue weighted by Gasteiger charge is -2.29. The number of rotatable bonds is 6. The first-order valence-corrected chi connectivity index (χ1v) is 8.29. The molecule has 0 aliphatic carbocycles. The number of alkyl carbamates (subject to hydrolysis) is 1. The highest BCUT2D eigenvalue weighted by atomic mass is 19.1. The first-order chi connectivity index (χ1) is 11.6. The molecule has 1 aromatic rings. The van der Waals surface area contributed by atoms with Crippen LogP contribution in [0.3, 0.4) is 0 Å². The monoisotopic (exact) mass is 354 g/mol. The van der Waals surface area contributed by atoms with Gasteiger partial charge in [-0.3, -0.25) is 4.90 Å². The summed E-state index contributed by atoms with van der Waals surface area (Å²) >= 11 is 0. The van der Waals surface area contributed by atoms with E-state index in [-0.39, 0.29) is 31.6 Å². The van der Waals surface area contributed by atoms with E-state index in [1.165, 1.54) is 17.0 Å². The van der Waals surface area contributed by atoms with Crippen LogP contribution in [-0.4, -0.2) is 42.4 Å². The van der Waals surface area contributed by atoms with Crippen molar-refractivity contribution in [2.45, 2.75) is 46.3 Å². The van der Waals surface area contributed by atoms with E-state index in [1.54, 1.807) is 39.8 Å². The van der Waals surface area contributed by atoms with Gasteiger partial charge in [0, 0.05) is 13.1 Å². The van der Waals surface area contributed by atoms with Gasteiger partial charge in [0.05, 0.1) is 12.6 Å². The zero-order valence-electron chi connectivity index (χ0n) is 15.5. The summed E-state index contributed by atoms with van der Waals surface area (Å²) in [7, 11) is 0. The Labute approximate surface area is 148 Å². The lowest BCUT2D eigenvalue weighted by atomic mass is 10.1. The van der Waals surface area contributed by atoms with E-state index in [0.717, 1.165) is 5.56 Å². The molecular formula is C18H27FN2O4. The number of nitrogens with one attached hydrogen (secondary N) is 1. The normalized spacial score (nSPS) is 12.2. The summed E-state index contributed by atoms with van der Waals surface area (Å²) in [5, 5.41) is 2.61. The van der Waals surface area contributed by atoms with Crippen LogP contribution in [0.25, 0.3) is 0 Å². The van der Waals surface area contributed by atoms with Crippen LogP contribution in [0.1, 0.15) is 46.2 Å². The van der Waals surface area contributed by atoms with Crippen molar-refractivity contribution in [1.82, 2.24) is 10.2 Å². The van der Waals surface area contributed by atoms with E-state index in [4.69, 9.17) is 9.47 Å². The Morgan fingerprint density at radius 1 is 1.24 bits per heavy atom. The van der Waals surface area contributed by atoms with Crippen molar-refractivity contribution < 1.29 is 23.5 Å². The number of carbonyl (C=O) groups is 2. The Bertz CT molecular complexity index is 569. The lowest BCUT2D eigenvalue weighted by Crippen LogP contribution is -2.41. The predicted molar refractivity (Wildman–Crippen MR) is 92.8 cm³/mol. The Balaban J connectivity index is 2.72. The van der Waals surface area contributed by atoms with Gasteiger partial charge in [-0.05, 0) is 52.3 Å². The van der Waals surface area contributed by atoms with Crippen LogP contribution in [0.4, 0.5) is 14.0 Å². The lowest BCUT2D eigenvalue weighted by molar-refractivity contribution is 0.0510. The molecule has 0 saturated carbocycles. The van der Waals surface area contributed by atoms with E-state index in [1.807, 2.05) is 6.92 Å². The third kappa shape index (κ3) is 7.41. The van der Waals surface area contributed by atoms with Crippen molar-refractivity contribution in [3.8, 4) is 0 Å². The maximum Gasteiger partial charge on any atom is 0.410 e. The van der Waals surface area contributed by atoms with Crippen LogP contribution in [0.15, 0.2) is 24.3 Å². The molecule has 0 spiro atoms. The molecule has 1 aromatic carbocycles. The van der Waals surface area contributed by atoms with Crippen molar-refractivity contribution in [3.63, 3.8) is 0 Å². The molecule has 1 rings (SSSR count). The van der Waals surface area contributed by atoms with Crippen molar-refractivity contribution >= 4 is 12.2 Å². The summed E-state index contributed by atoms with van der Waals surface area (Å²) in [4.78, 5) is 25.4. The number of nitrogens with zero attached hydrogens (tertiary/aromatic N) is 1. The van der Waals surface area contributed by atoms with Gasteiger partial charge in [-0.15, -0.1) is 0 Å². The van der Waals surface area contributed by atoms with Crippen LogP contribution < -0.4 is 5.32 Å². The van der Waals surface area contributed by atoms with Crippen molar-refractivity contribution in [1.29, 1.82) is 0 Å². The summed E-state index contributed by atoms with van der Waals surface area (Å²) in [5.74, 6) is -0.342. The van der Waals surface area contributed by atoms with Crippen LogP contribution in [0, 0.1) is 5.82 Å². The molecule has 0 fully saturated rings. The van der Waals surface area contributed by atoms with Gasteiger partial charge >= 0.3 is 12.2 Å². The highest BCUT2D eigenvalue weighted by Gasteiger charge is 2.23. The van der Waals surface area contributed by atoms with Crippen molar-refractivity contribution in [2.75, 3.05) is 19.7 Å². The largest absolute Gasteiger partial charge is 0.450 e. The Morgan fingerprint density at radius 3 is 2.36 bits per heavy atom. The second-order valence-corrected chi connectivity index (χ2v) is 6.55. The zero-order chi connectivity index (χ0) is 19.0. The second kappa shape index (κ2) is 9.25. The van der Waals surface area contributed by atoms with Gasteiger partial charge in [0.1, 0.15) is 11.4 Å². The molecule has 0 saturated heterocycles. The molecule has 6 nitrogen and oxygen atoms in total. The standard InChI is InChI=1S/C18H27FN2O4/c1-6-24-17(23)21(12-11-20-16(22)25-18(3,4)5)13(2)14-7-9-15(19)10-8-14/h7-10,13H,6,11-12H2,1-5H3,(H,20,22)/t13-/m1/s1. The predicted octanol–water partition coefficient (Wildman–Crippen LogP) is 3.87. The summed E-state index contributed by atoms with van der Waals surface area (Å²) in [6.45, 7) is 9.53. The van der Waals surface area contributed by atoms with Crippen LogP contribution in [0.5, 0.6) is 0 Å². The fourth-order valence-electron chi connectivity index (χ4n) is 2.16. The average molecular weight is 354 g/mol.